The predicted octanol–water partition coefficient (Wildman–Crippen LogP) is 3.60. The first-order chi connectivity index (χ1) is 22.4. The Morgan fingerprint density at radius 1 is 0.935 bits per heavy atom. The van der Waals surface area contributed by atoms with E-state index in [1.54, 1.807) is 11.0 Å². The zero-order chi connectivity index (χ0) is 32.1. The maximum Gasteiger partial charge on any atom is 0.313 e. The highest BCUT2D eigenvalue weighted by atomic mass is 16.6. The molecule has 4 aliphatic heterocycles. The Kier molecular flexibility index (Phi) is 10.2. The summed E-state index contributed by atoms with van der Waals surface area (Å²) < 4.78 is 13.0. The first-order valence-corrected chi connectivity index (χ1v) is 17.2. The third-order valence-corrected chi connectivity index (χ3v) is 10.4. The number of aliphatic hydroxyl groups is 1. The van der Waals surface area contributed by atoms with E-state index in [9.17, 15) is 24.3 Å². The molecular formula is C36H47N3O7. The molecule has 0 unspecified atom stereocenters. The molecule has 1 aromatic carbocycles. The minimum Gasteiger partial charge on any atom is -0.455 e. The molecule has 248 valence electrons. The van der Waals surface area contributed by atoms with Crippen molar-refractivity contribution in [1.29, 1.82) is 0 Å². The summed E-state index contributed by atoms with van der Waals surface area (Å²) in [6.45, 7) is 1.04. The number of hydrogen-bond donors (Lipinski definition) is 2. The van der Waals surface area contributed by atoms with Gasteiger partial charge in [-0.2, -0.15) is 0 Å². The van der Waals surface area contributed by atoms with Crippen molar-refractivity contribution in [3.8, 4) is 0 Å². The largest absolute Gasteiger partial charge is 0.455 e. The second kappa shape index (κ2) is 14.5. The Bertz CT molecular complexity index is 1330. The molecule has 4 heterocycles. The standard InChI is InChI=1S/C36H47N3O7/c40-23-12-2-1-11-21-39-32-34(43)38(26-16-7-4-8-17-26)22-13-20-36(32)31(33(39)42)30-27(46-36)18-9-10-19-29(41)37-24-28(45-35(30)44)25-14-5-3-6-15-25/h3,5-6,9,13-15,18,20,26-28,30-32,40H,1-2,4,7-8,10-12,16-17,19,21-24H2,(H,37,41)/b18-9-/t27-,28+,30+,31+,32-,36+/m0/s1. The minimum atomic E-state index is -1.32. The van der Waals surface area contributed by atoms with E-state index >= 15 is 0 Å². The minimum absolute atomic E-state index is 0.109. The van der Waals surface area contributed by atoms with Crippen LogP contribution in [0.15, 0.2) is 54.6 Å². The lowest BCUT2D eigenvalue weighted by molar-refractivity contribution is -0.160. The first-order valence-electron chi connectivity index (χ1n) is 17.2. The van der Waals surface area contributed by atoms with Crippen LogP contribution in [0.3, 0.4) is 0 Å². The number of carbonyl (C=O) groups is 4. The van der Waals surface area contributed by atoms with Gasteiger partial charge >= 0.3 is 5.97 Å². The molecule has 1 aliphatic carbocycles. The van der Waals surface area contributed by atoms with E-state index in [2.05, 4.69) is 5.32 Å². The van der Waals surface area contributed by atoms with Crippen molar-refractivity contribution in [2.24, 2.45) is 11.8 Å². The zero-order valence-electron chi connectivity index (χ0n) is 26.6. The number of unbranched alkanes of at least 4 members (excludes halogenated alkanes) is 3. The summed E-state index contributed by atoms with van der Waals surface area (Å²) in [5.74, 6) is -3.00. The SMILES string of the molecule is O=C1CC/C=C\[C@@H]2O[C@@]34C=CCN(C5CCCCC5)C(=O)[C@@H]3N(CCCCCCO)C(=O)[C@H]4[C@@H]2C(=O)O[C@@H](c2ccccc2)CN1. The van der Waals surface area contributed by atoms with E-state index in [0.29, 0.717) is 32.4 Å². The Morgan fingerprint density at radius 2 is 1.72 bits per heavy atom. The monoisotopic (exact) mass is 633 g/mol. The summed E-state index contributed by atoms with van der Waals surface area (Å²) in [4.78, 5) is 59.7. The lowest BCUT2D eigenvalue weighted by Gasteiger charge is -2.39. The zero-order valence-corrected chi connectivity index (χ0v) is 26.6. The van der Waals surface area contributed by atoms with Crippen LogP contribution in [-0.4, -0.2) is 88.6 Å². The van der Waals surface area contributed by atoms with Crippen LogP contribution in [0.1, 0.15) is 82.3 Å². The number of ether oxygens (including phenoxy) is 2. The molecule has 10 heteroatoms. The summed E-state index contributed by atoms with van der Waals surface area (Å²) in [6, 6.07) is 8.49. The van der Waals surface area contributed by atoms with Gasteiger partial charge in [0.1, 0.15) is 23.7 Å². The number of nitrogens with zero attached hydrogens (tertiary/aromatic N) is 2. The Hall–Kier alpha value is -3.50. The van der Waals surface area contributed by atoms with Gasteiger partial charge in [0.15, 0.2) is 0 Å². The van der Waals surface area contributed by atoms with Gasteiger partial charge in [-0.15, -0.1) is 0 Å². The Morgan fingerprint density at radius 3 is 2.50 bits per heavy atom. The fourth-order valence-corrected chi connectivity index (χ4v) is 8.13. The quantitative estimate of drug-likeness (QED) is 0.255. The number of allylic oxidation sites excluding steroid dienone is 1. The van der Waals surface area contributed by atoms with E-state index in [0.717, 1.165) is 50.5 Å². The van der Waals surface area contributed by atoms with Crippen LogP contribution in [0.25, 0.3) is 0 Å². The molecule has 0 aromatic heterocycles. The summed E-state index contributed by atoms with van der Waals surface area (Å²) in [5.41, 5.74) is -0.584. The fourth-order valence-electron chi connectivity index (χ4n) is 8.13. The summed E-state index contributed by atoms with van der Waals surface area (Å²) in [5, 5.41) is 12.1. The van der Waals surface area contributed by atoms with Crippen molar-refractivity contribution in [3.05, 3.63) is 60.2 Å². The number of fused-ring (bicyclic) bond motifs is 2. The highest BCUT2D eigenvalue weighted by Crippen LogP contribution is 2.53. The van der Waals surface area contributed by atoms with Gasteiger partial charge in [0.2, 0.25) is 17.7 Å². The number of hydrogen-bond acceptors (Lipinski definition) is 7. The highest BCUT2D eigenvalue weighted by Gasteiger charge is 2.71. The lowest BCUT2D eigenvalue weighted by Crippen LogP contribution is -2.57. The second-order valence-corrected chi connectivity index (χ2v) is 13.3. The Labute approximate surface area is 271 Å². The lowest BCUT2D eigenvalue weighted by atomic mass is 9.77. The summed E-state index contributed by atoms with van der Waals surface area (Å²) in [7, 11) is 0. The molecule has 2 saturated heterocycles. The maximum atomic E-state index is 14.7. The van der Waals surface area contributed by atoms with Crippen molar-refractivity contribution >= 4 is 23.7 Å². The molecule has 1 aromatic rings. The van der Waals surface area contributed by atoms with Gasteiger partial charge in [0.05, 0.1) is 18.6 Å². The third-order valence-electron chi connectivity index (χ3n) is 10.4. The summed E-state index contributed by atoms with van der Waals surface area (Å²) >= 11 is 0. The van der Waals surface area contributed by atoms with Crippen molar-refractivity contribution in [3.63, 3.8) is 0 Å². The number of amides is 3. The molecule has 3 amide bonds. The van der Waals surface area contributed by atoms with Crippen molar-refractivity contribution in [1.82, 2.24) is 15.1 Å². The molecule has 46 heavy (non-hydrogen) atoms. The average Bonchev–Trinajstić information content (AvgIpc) is 3.45. The van der Waals surface area contributed by atoms with Crippen LogP contribution in [-0.2, 0) is 28.7 Å². The van der Waals surface area contributed by atoms with E-state index in [-0.39, 0.29) is 43.3 Å². The highest BCUT2D eigenvalue weighted by molar-refractivity contribution is 5.99. The molecule has 0 radical (unpaired) electrons. The molecular weight excluding hydrogens is 586 g/mol. The van der Waals surface area contributed by atoms with Crippen LogP contribution >= 0.6 is 0 Å². The molecule has 1 spiro atoms. The number of rotatable bonds is 8. The van der Waals surface area contributed by atoms with Gasteiger partial charge in [-0.25, -0.2) is 0 Å². The van der Waals surface area contributed by atoms with Gasteiger partial charge in [-0.1, -0.05) is 86.7 Å². The molecule has 3 fully saturated rings. The second-order valence-electron chi connectivity index (χ2n) is 13.3. The normalized spacial score (nSPS) is 32.8. The number of esters is 1. The predicted molar refractivity (Wildman–Crippen MR) is 170 cm³/mol. The Balaban J connectivity index is 1.37. The number of likely N-dealkylation sites (tertiary alicyclic amines) is 1. The number of carbonyl (C=O) groups excluding carboxylic acids is 4. The van der Waals surface area contributed by atoms with Crippen LogP contribution in [0.4, 0.5) is 0 Å². The topological polar surface area (TPSA) is 125 Å². The van der Waals surface area contributed by atoms with Gasteiger partial charge in [-0.3, -0.25) is 19.2 Å². The van der Waals surface area contributed by atoms with E-state index < -0.39 is 41.7 Å². The van der Waals surface area contributed by atoms with Gasteiger partial charge in [0.25, 0.3) is 0 Å². The van der Waals surface area contributed by atoms with Crippen LogP contribution in [0.2, 0.25) is 0 Å². The fraction of sp³-hybridized carbons (Fsp3) is 0.611. The van der Waals surface area contributed by atoms with E-state index in [1.165, 1.54) is 0 Å². The van der Waals surface area contributed by atoms with E-state index in [1.807, 2.05) is 53.5 Å². The molecule has 5 aliphatic rings. The smallest absolute Gasteiger partial charge is 0.313 e. The number of aliphatic hydroxyl groups excluding tert-OH is 1. The average molecular weight is 634 g/mol. The number of benzene rings is 1. The summed E-state index contributed by atoms with van der Waals surface area (Å²) in [6.07, 6.45) is 14.8. The van der Waals surface area contributed by atoms with Crippen molar-refractivity contribution in [2.45, 2.75) is 101 Å². The third kappa shape index (κ3) is 6.38. The van der Waals surface area contributed by atoms with Crippen molar-refractivity contribution in [2.75, 3.05) is 26.2 Å². The van der Waals surface area contributed by atoms with Crippen molar-refractivity contribution < 1.29 is 33.8 Å². The number of nitrogens with one attached hydrogen (secondary N) is 1. The molecule has 6 atom stereocenters. The van der Waals surface area contributed by atoms with Crippen LogP contribution in [0, 0.1) is 11.8 Å². The maximum absolute atomic E-state index is 14.7. The van der Waals surface area contributed by atoms with Gasteiger partial charge in [0, 0.05) is 32.2 Å². The molecule has 0 bridgehead atoms. The van der Waals surface area contributed by atoms with E-state index in [4.69, 9.17) is 9.47 Å². The van der Waals surface area contributed by atoms with Gasteiger partial charge in [-0.05, 0) is 37.7 Å². The number of cyclic esters (lactones) is 1. The molecule has 1 saturated carbocycles. The van der Waals surface area contributed by atoms with Gasteiger partial charge < -0.3 is 29.7 Å². The molecule has 6 rings (SSSR count). The van der Waals surface area contributed by atoms with Crippen LogP contribution < -0.4 is 5.32 Å². The molecule has 2 N–H and O–H groups in total. The first kappa shape index (κ1) is 32.4. The molecule has 10 nitrogen and oxygen atoms in total. The van der Waals surface area contributed by atoms with Crippen LogP contribution in [0.5, 0.6) is 0 Å².